The molecule has 1 aliphatic carbocycles. The van der Waals surface area contributed by atoms with Crippen molar-refractivity contribution in [2.24, 2.45) is 0 Å². The molecule has 4 heteroatoms. The average molecular weight is 296 g/mol. The zero-order valence-electron chi connectivity index (χ0n) is 13.5. The van der Waals surface area contributed by atoms with Crippen molar-refractivity contribution < 1.29 is 0 Å². The van der Waals surface area contributed by atoms with Gasteiger partial charge in [0.1, 0.15) is 5.82 Å². The minimum atomic E-state index is 0.672. The molecular formula is C18H24N4. The standard InChI is InChI=1S/C18H24N4/c1-13-12-16-15(4-3-5-17(16)20-14-6-7-14)18(19-13)22-10-8-21(2)9-11-22/h3-5,12,14,20H,6-11H2,1-2H3. The van der Waals surface area contributed by atoms with Crippen molar-refractivity contribution in [3.05, 3.63) is 30.0 Å². The van der Waals surface area contributed by atoms with Gasteiger partial charge in [0.2, 0.25) is 0 Å². The predicted octanol–water partition coefficient (Wildman–Crippen LogP) is 2.87. The summed E-state index contributed by atoms with van der Waals surface area (Å²) in [6, 6.07) is 9.47. The van der Waals surface area contributed by atoms with Crippen LogP contribution in [-0.2, 0) is 0 Å². The maximum absolute atomic E-state index is 4.87. The zero-order valence-corrected chi connectivity index (χ0v) is 13.5. The number of anilines is 2. The third-order valence-electron chi connectivity index (χ3n) is 4.72. The summed E-state index contributed by atoms with van der Waals surface area (Å²) in [5.41, 5.74) is 2.37. The highest BCUT2D eigenvalue weighted by atomic mass is 15.3. The lowest BCUT2D eigenvalue weighted by Gasteiger charge is -2.34. The maximum atomic E-state index is 4.87. The number of piperazine rings is 1. The van der Waals surface area contributed by atoms with E-state index < -0.39 is 0 Å². The van der Waals surface area contributed by atoms with Crippen molar-refractivity contribution in [2.45, 2.75) is 25.8 Å². The molecule has 1 aromatic heterocycles. The Kier molecular flexibility index (Phi) is 3.41. The van der Waals surface area contributed by atoms with Gasteiger partial charge < -0.3 is 15.1 Å². The molecule has 4 rings (SSSR count). The van der Waals surface area contributed by atoms with E-state index in [1.165, 1.54) is 29.3 Å². The molecule has 2 fully saturated rings. The van der Waals surface area contributed by atoms with Gasteiger partial charge >= 0.3 is 0 Å². The van der Waals surface area contributed by atoms with Crippen molar-refractivity contribution in [1.82, 2.24) is 9.88 Å². The molecule has 2 heterocycles. The van der Waals surface area contributed by atoms with Crippen molar-refractivity contribution in [3.63, 3.8) is 0 Å². The lowest BCUT2D eigenvalue weighted by molar-refractivity contribution is 0.312. The predicted molar refractivity (Wildman–Crippen MR) is 92.8 cm³/mol. The number of fused-ring (bicyclic) bond motifs is 1. The summed E-state index contributed by atoms with van der Waals surface area (Å²) in [5.74, 6) is 1.16. The van der Waals surface area contributed by atoms with Gasteiger partial charge in [-0.15, -0.1) is 0 Å². The van der Waals surface area contributed by atoms with E-state index in [9.17, 15) is 0 Å². The third-order valence-corrected chi connectivity index (χ3v) is 4.72. The molecule has 0 amide bonds. The topological polar surface area (TPSA) is 31.4 Å². The molecule has 1 saturated heterocycles. The smallest absolute Gasteiger partial charge is 0.136 e. The minimum absolute atomic E-state index is 0.672. The Labute approximate surface area is 132 Å². The quantitative estimate of drug-likeness (QED) is 0.944. The van der Waals surface area contributed by atoms with E-state index >= 15 is 0 Å². The van der Waals surface area contributed by atoms with Crippen LogP contribution in [0.5, 0.6) is 0 Å². The molecule has 2 aliphatic rings. The van der Waals surface area contributed by atoms with Crippen LogP contribution in [0.4, 0.5) is 11.5 Å². The largest absolute Gasteiger partial charge is 0.382 e. The molecule has 1 aliphatic heterocycles. The number of benzene rings is 1. The molecule has 0 spiro atoms. The first-order chi connectivity index (χ1) is 10.7. The summed E-state index contributed by atoms with van der Waals surface area (Å²) in [6.45, 7) is 6.44. The highest BCUT2D eigenvalue weighted by molar-refractivity contribution is 6.00. The Bertz CT molecular complexity index is 685. The van der Waals surface area contributed by atoms with Gasteiger partial charge in [0.05, 0.1) is 0 Å². The van der Waals surface area contributed by atoms with E-state index in [2.05, 4.69) is 53.4 Å². The van der Waals surface area contributed by atoms with Crippen molar-refractivity contribution in [3.8, 4) is 0 Å². The van der Waals surface area contributed by atoms with E-state index in [0.717, 1.165) is 37.7 Å². The van der Waals surface area contributed by atoms with Crippen molar-refractivity contribution in [2.75, 3.05) is 43.4 Å². The van der Waals surface area contributed by atoms with Crippen LogP contribution in [-0.4, -0.2) is 49.2 Å². The highest BCUT2D eigenvalue weighted by Crippen LogP contribution is 2.34. The van der Waals surface area contributed by atoms with Gasteiger partial charge in [-0.2, -0.15) is 0 Å². The summed E-state index contributed by atoms with van der Waals surface area (Å²) >= 11 is 0. The van der Waals surface area contributed by atoms with Gasteiger partial charge in [0, 0.05) is 54.4 Å². The second-order valence-corrected chi connectivity index (χ2v) is 6.70. The SMILES string of the molecule is Cc1cc2c(NC3CC3)cccc2c(N2CCN(C)CC2)n1. The zero-order chi connectivity index (χ0) is 15.1. The summed E-state index contributed by atoms with van der Waals surface area (Å²) in [4.78, 5) is 9.69. The number of rotatable bonds is 3. The van der Waals surface area contributed by atoms with Crippen molar-refractivity contribution in [1.29, 1.82) is 0 Å². The molecule has 0 bridgehead atoms. The fourth-order valence-electron chi connectivity index (χ4n) is 3.22. The monoisotopic (exact) mass is 296 g/mol. The van der Waals surface area contributed by atoms with Gasteiger partial charge in [-0.25, -0.2) is 4.98 Å². The Morgan fingerprint density at radius 2 is 1.86 bits per heavy atom. The molecule has 1 saturated carbocycles. The molecule has 22 heavy (non-hydrogen) atoms. The molecule has 0 unspecified atom stereocenters. The number of aryl methyl sites for hydroxylation is 1. The van der Waals surface area contributed by atoms with Crippen molar-refractivity contribution >= 4 is 22.3 Å². The maximum Gasteiger partial charge on any atom is 0.136 e. The summed E-state index contributed by atoms with van der Waals surface area (Å²) in [7, 11) is 2.19. The summed E-state index contributed by atoms with van der Waals surface area (Å²) < 4.78 is 0. The first kappa shape index (κ1) is 13.8. The minimum Gasteiger partial charge on any atom is -0.382 e. The fourth-order valence-corrected chi connectivity index (χ4v) is 3.22. The fraction of sp³-hybridized carbons (Fsp3) is 0.500. The number of pyridine rings is 1. The van der Waals surface area contributed by atoms with Crippen LogP contribution in [0.15, 0.2) is 24.3 Å². The lowest BCUT2D eigenvalue weighted by Crippen LogP contribution is -2.44. The van der Waals surface area contributed by atoms with E-state index in [-0.39, 0.29) is 0 Å². The van der Waals surface area contributed by atoms with Crippen LogP contribution in [0.25, 0.3) is 10.8 Å². The number of hydrogen-bond acceptors (Lipinski definition) is 4. The molecule has 4 nitrogen and oxygen atoms in total. The third kappa shape index (κ3) is 2.63. The Hall–Kier alpha value is -1.81. The number of hydrogen-bond donors (Lipinski definition) is 1. The van der Waals surface area contributed by atoms with Gasteiger partial charge in [-0.1, -0.05) is 12.1 Å². The van der Waals surface area contributed by atoms with Crippen LogP contribution in [0.2, 0.25) is 0 Å². The first-order valence-corrected chi connectivity index (χ1v) is 8.31. The van der Waals surface area contributed by atoms with Crippen LogP contribution in [0.3, 0.4) is 0 Å². The second kappa shape index (κ2) is 5.43. The molecule has 1 aromatic carbocycles. The van der Waals surface area contributed by atoms with Crippen LogP contribution < -0.4 is 10.2 Å². The molecule has 2 aromatic rings. The van der Waals surface area contributed by atoms with E-state index in [1.54, 1.807) is 0 Å². The number of nitrogens with zero attached hydrogens (tertiary/aromatic N) is 3. The number of nitrogens with one attached hydrogen (secondary N) is 1. The van der Waals surface area contributed by atoms with E-state index in [0.29, 0.717) is 6.04 Å². The van der Waals surface area contributed by atoms with Gasteiger partial charge in [0.15, 0.2) is 0 Å². The molecule has 116 valence electrons. The number of aromatic nitrogens is 1. The molecule has 0 radical (unpaired) electrons. The van der Waals surface area contributed by atoms with Crippen LogP contribution in [0, 0.1) is 6.92 Å². The molecular weight excluding hydrogens is 272 g/mol. The summed E-state index contributed by atoms with van der Waals surface area (Å²) in [6.07, 6.45) is 2.59. The second-order valence-electron chi connectivity index (χ2n) is 6.70. The van der Waals surface area contributed by atoms with Gasteiger partial charge in [-0.05, 0) is 38.9 Å². The van der Waals surface area contributed by atoms with Crippen LogP contribution >= 0.6 is 0 Å². The Morgan fingerprint density at radius 1 is 1.09 bits per heavy atom. The number of likely N-dealkylation sites (N-methyl/N-ethyl adjacent to an activating group) is 1. The highest BCUT2D eigenvalue weighted by Gasteiger charge is 2.23. The van der Waals surface area contributed by atoms with E-state index in [1.807, 2.05) is 0 Å². The van der Waals surface area contributed by atoms with Gasteiger partial charge in [0.25, 0.3) is 0 Å². The molecule has 1 N–H and O–H groups in total. The van der Waals surface area contributed by atoms with Gasteiger partial charge in [-0.3, -0.25) is 0 Å². The van der Waals surface area contributed by atoms with E-state index in [4.69, 9.17) is 4.98 Å². The Morgan fingerprint density at radius 3 is 2.59 bits per heavy atom. The Balaban J connectivity index is 1.77. The molecule has 0 atom stereocenters. The normalized spacial score (nSPS) is 19.6. The average Bonchev–Trinajstić information content (AvgIpc) is 3.32. The first-order valence-electron chi connectivity index (χ1n) is 8.31. The summed E-state index contributed by atoms with van der Waals surface area (Å²) in [5, 5.41) is 6.26. The van der Waals surface area contributed by atoms with Crippen LogP contribution in [0.1, 0.15) is 18.5 Å². The lowest BCUT2D eigenvalue weighted by atomic mass is 10.1.